The molecule has 0 saturated heterocycles. The Bertz CT molecular complexity index is 1000. The summed E-state index contributed by atoms with van der Waals surface area (Å²) in [6.45, 7) is 5.45. The van der Waals surface area contributed by atoms with Crippen molar-refractivity contribution in [2.24, 2.45) is 5.41 Å². The van der Waals surface area contributed by atoms with Gasteiger partial charge in [0.1, 0.15) is 5.52 Å². The van der Waals surface area contributed by atoms with Crippen LogP contribution in [-0.4, -0.2) is 31.8 Å². The van der Waals surface area contributed by atoms with Crippen LogP contribution in [0.2, 0.25) is 0 Å². The quantitative estimate of drug-likeness (QED) is 0.697. The molecular formula is C18H22F3N5O2. The number of hydrogen-bond donors (Lipinski definition) is 1. The summed E-state index contributed by atoms with van der Waals surface area (Å²) in [6, 6.07) is 5.05. The van der Waals surface area contributed by atoms with Crippen LogP contribution in [0.15, 0.2) is 22.7 Å². The standard InChI is InChI=1S/C17H18F3N5O2.CH4/c1-9-5-6-11-14(21-9)25(13-7-10(2)24-27-13)15(22-11)23-12(26)8-16(3,4)17(18,19)20;/h5-7H,8H2,1-4H3,(H,22,23,26);1H4. The fraction of sp³-hybridized carbons (Fsp3) is 0.444. The molecule has 0 spiro atoms. The molecule has 7 nitrogen and oxygen atoms in total. The number of fused-ring (bicyclic) bond motifs is 1. The highest BCUT2D eigenvalue weighted by Gasteiger charge is 2.48. The number of rotatable bonds is 4. The van der Waals surface area contributed by atoms with Crippen molar-refractivity contribution in [1.82, 2.24) is 19.7 Å². The summed E-state index contributed by atoms with van der Waals surface area (Å²) in [4.78, 5) is 20.9. The molecule has 0 aromatic carbocycles. The van der Waals surface area contributed by atoms with Crippen LogP contribution in [0.4, 0.5) is 19.1 Å². The van der Waals surface area contributed by atoms with Gasteiger partial charge in [0.05, 0.1) is 11.1 Å². The van der Waals surface area contributed by atoms with Gasteiger partial charge in [-0.05, 0) is 26.0 Å². The minimum atomic E-state index is -4.51. The van der Waals surface area contributed by atoms with E-state index in [1.54, 1.807) is 32.0 Å². The van der Waals surface area contributed by atoms with Crippen molar-refractivity contribution in [3.8, 4) is 5.88 Å². The zero-order chi connectivity index (χ0) is 20.0. The smallest absolute Gasteiger partial charge is 0.338 e. The van der Waals surface area contributed by atoms with Crippen LogP contribution in [0.5, 0.6) is 0 Å². The number of carbonyl (C=O) groups is 1. The van der Waals surface area contributed by atoms with E-state index >= 15 is 0 Å². The number of carbonyl (C=O) groups excluding carboxylic acids is 1. The van der Waals surface area contributed by atoms with Crippen LogP contribution in [0.3, 0.4) is 0 Å². The lowest BCUT2D eigenvalue weighted by molar-refractivity contribution is -0.213. The molecule has 1 amide bonds. The van der Waals surface area contributed by atoms with Crippen LogP contribution >= 0.6 is 0 Å². The van der Waals surface area contributed by atoms with Gasteiger partial charge >= 0.3 is 6.18 Å². The number of hydrogen-bond acceptors (Lipinski definition) is 5. The Balaban J connectivity index is 0.00000280. The Kier molecular flexibility index (Phi) is 5.54. The van der Waals surface area contributed by atoms with Crippen molar-refractivity contribution in [2.45, 2.75) is 47.7 Å². The Labute approximate surface area is 159 Å². The van der Waals surface area contributed by atoms with Gasteiger partial charge < -0.3 is 4.52 Å². The summed E-state index contributed by atoms with van der Waals surface area (Å²) >= 11 is 0. The van der Waals surface area contributed by atoms with E-state index in [2.05, 4.69) is 20.4 Å². The average Bonchev–Trinajstić information content (AvgIpc) is 3.08. The Morgan fingerprint density at radius 3 is 2.43 bits per heavy atom. The Hall–Kier alpha value is -2.91. The van der Waals surface area contributed by atoms with E-state index < -0.39 is 23.9 Å². The summed E-state index contributed by atoms with van der Waals surface area (Å²) in [5.74, 6) is -0.553. The van der Waals surface area contributed by atoms with Gasteiger partial charge in [0.25, 0.3) is 0 Å². The molecule has 3 aromatic heterocycles. The normalized spacial score (nSPS) is 12.1. The van der Waals surface area contributed by atoms with E-state index in [0.717, 1.165) is 13.8 Å². The van der Waals surface area contributed by atoms with Crippen molar-refractivity contribution in [3.63, 3.8) is 0 Å². The molecule has 1 N–H and O–H groups in total. The molecule has 152 valence electrons. The van der Waals surface area contributed by atoms with Gasteiger partial charge in [0, 0.05) is 18.2 Å². The first-order valence-corrected chi connectivity index (χ1v) is 8.14. The molecule has 10 heteroatoms. The topological polar surface area (TPSA) is 85.8 Å². The van der Waals surface area contributed by atoms with E-state index in [-0.39, 0.29) is 19.3 Å². The second kappa shape index (κ2) is 7.25. The van der Waals surface area contributed by atoms with Crippen LogP contribution in [0, 0.1) is 19.3 Å². The molecule has 0 saturated carbocycles. The molecule has 0 bridgehead atoms. The van der Waals surface area contributed by atoms with Gasteiger partial charge in [-0.1, -0.05) is 26.4 Å². The van der Waals surface area contributed by atoms with Gasteiger partial charge in [0.15, 0.2) is 5.65 Å². The van der Waals surface area contributed by atoms with Crippen molar-refractivity contribution in [3.05, 3.63) is 29.6 Å². The van der Waals surface area contributed by atoms with Crippen molar-refractivity contribution in [2.75, 3.05) is 5.32 Å². The number of alkyl halides is 3. The highest BCUT2D eigenvalue weighted by molar-refractivity contribution is 5.92. The Morgan fingerprint density at radius 2 is 1.86 bits per heavy atom. The number of anilines is 1. The van der Waals surface area contributed by atoms with Gasteiger partial charge in [-0.25, -0.2) is 14.5 Å². The van der Waals surface area contributed by atoms with Crippen molar-refractivity contribution in [1.29, 1.82) is 0 Å². The van der Waals surface area contributed by atoms with Crippen LogP contribution < -0.4 is 5.32 Å². The molecule has 0 aliphatic heterocycles. The van der Waals surface area contributed by atoms with Gasteiger partial charge in [0.2, 0.25) is 17.7 Å². The minimum Gasteiger partial charge on any atom is -0.338 e. The first-order chi connectivity index (χ1) is 12.5. The molecule has 0 atom stereocenters. The van der Waals surface area contributed by atoms with E-state index in [1.807, 2.05) is 0 Å². The summed E-state index contributed by atoms with van der Waals surface area (Å²) in [7, 11) is 0. The lowest BCUT2D eigenvalue weighted by Gasteiger charge is -2.26. The van der Waals surface area contributed by atoms with Gasteiger partial charge in [-0.15, -0.1) is 0 Å². The number of nitrogens with zero attached hydrogens (tertiary/aromatic N) is 4. The van der Waals surface area contributed by atoms with Crippen LogP contribution in [0.25, 0.3) is 17.0 Å². The zero-order valence-corrected chi connectivity index (χ0v) is 15.2. The molecule has 0 aliphatic rings. The second-order valence-electron chi connectivity index (χ2n) is 6.98. The number of halogens is 3. The fourth-order valence-electron chi connectivity index (χ4n) is 2.47. The first-order valence-electron chi connectivity index (χ1n) is 8.14. The third-order valence-electron chi connectivity index (χ3n) is 4.10. The van der Waals surface area contributed by atoms with E-state index in [0.29, 0.717) is 22.6 Å². The number of aryl methyl sites for hydroxylation is 2. The van der Waals surface area contributed by atoms with E-state index in [9.17, 15) is 18.0 Å². The average molecular weight is 397 g/mol. The number of imidazole rings is 1. The number of aromatic nitrogens is 4. The highest BCUT2D eigenvalue weighted by atomic mass is 19.4. The predicted octanol–water partition coefficient (Wildman–Crippen LogP) is 4.58. The highest BCUT2D eigenvalue weighted by Crippen LogP contribution is 2.40. The maximum Gasteiger partial charge on any atom is 0.394 e. The van der Waals surface area contributed by atoms with E-state index in [1.165, 1.54) is 4.57 Å². The summed E-state index contributed by atoms with van der Waals surface area (Å²) < 4.78 is 45.8. The molecule has 3 rings (SSSR count). The third kappa shape index (κ3) is 4.00. The zero-order valence-electron chi connectivity index (χ0n) is 15.2. The van der Waals surface area contributed by atoms with Crippen molar-refractivity contribution < 1.29 is 22.5 Å². The molecule has 0 fully saturated rings. The van der Waals surface area contributed by atoms with Gasteiger partial charge in [-0.2, -0.15) is 13.2 Å². The number of nitrogens with one attached hydrogen (secondary N) is 1. The molecular weight excluding hydrogens is 375 g/mol. The van der Waals surface area contributed by atoms with Crippen LogP contribution in [0.1, 0.15) is 39.1 Å². The van der Waals surface area contributed by atoms with Crippen LogP contribution in [-0.2, 0) is 4.79 Å². The lowest BCUT2D eigenvalue weighted by Crippen LogP contribution is -2.36. The minimum absolute atomic E-state index is 0. The molecule has 0 unspecified atom stereocenters. The largest absolute Gasteiger partial charge is 0.394 e. The maximum atomic E-state index is 13.1. The Morgan fingerprint density at radius 1 is 1.18 bits per heavy atom. The third-order valence-corrected chi connectivity index (χ3v) is 4.10. The van der Waals surface area contributed by atoms with Crippen molar-refractivity contribution >= 4 is 23.0 Å². The summed E-state index contributed by atoms with van der Waals surface area (Å²) in [5.41, 5.74) is -0.0199. The SMILES string of the molecule is C.Cc1cc(-n2c(NC(=O)CC(C)(C)C(F)(F)F)nc3ccc(C)nc32)on1. The summed E-state index contributed by atoms with van der Waals surface area (Å²) in [6.07, 6.45) is -5.26. The number of pyridine rings is 1. The van der Waals surface area contributed by atoms with Gasteiger partial charge in [-0.3, -0.25) is 10.1 Å². The summed E-state index contributed by atoms with van der Waals surface area (Å²) in [5, 5.41) is 6.24. The fourth-order valence-corrected chi connectivity index (χ4v) is 2.47. The molecule has 28 heavy (non-hydrogen) atoms. The van der Waals surface area contributed by atoms with E-state index in [4.69, 9.17) is 4.52 Å². The lowest BCUT2D eigenvalue weighted by atomic mass is 9.88. The first kappa shape index (κ1) is 21.4. The molecule has 0 aliphatic carbocycles. The maximum absolute atomic E-state index is 13.1. The monoisotopic (exact) mass is 397 g/mol. The molecule has 0 radical (unpaired) electrons. The number of amides is 1. The molecule has 3 aromatic rings. The second-order valence-corrected chi connectivity index (χ2v) is 6.98. The molecule has 3 heterocycles. The predicted molar refractivity (Wildman–Crippen MR) is 98.2 cm³/mol.